The minimum atomic E-state index is 0.0162. The monoisotopic (exact) mass is 1180 g/mol. The number of rotatable bonds is 11. The molecule has 80 heavy (non-hydrogen) atoms. The van der Waals surface area contributed by atoms with E-state index in [0.29, 0.717) is 5.92 Å². The van der Waals surface area contributed by atoms with Gasteiger partial charge >= 0.3 is 0 Å². The second-order valence-electron chi connectivity index (χ2n) is 26.5. The molecule has 10 rings (SSSR count). The van der Waals surface area contributed by atoms with Crippen molar-refractivity contribution in [1.29, 1.82) is 0 Å². The first-order valence-corrected chi connectivity index (χ1v) is 30.6. The molecular weight excluding hydrogens is 1100 g/mol. The van der Waals surface area contributed by atoms with Crippen LogP contribution in [0, 0.1) is 0 Å². The molecule has 0 saturated heterocycles. The number of hydrogen-bond acceptors (Lipinski definition) is 2. The number of anilines is 6. The van der Waals surface area contributed by atoms with Crippen molar-refractivity contribution < 1.29 is 0 Å². The Bertz CT molecular complexity index is 3190. The van der Waals surface area contributed by atoms with E-state index in [4.69, 9.17) is 0 Å². The van der Waals surface area contributed by atoms with Crippen LogP contribution in [0.2, 0.25) is 0 Å². The number of benzene rings is 9. The first-order valence-electron chi connectivity index (χ1n) is 29.0. The predicted molar refractivity (Wildman–Crippen MR) is 354 cm³/mol. The molecule has 4 heteroatoms. The van der Waals surface area contributed by atoms with Gasteiger partial charge in [0, 0.05) is 53.9 Å². The highest BCUT2D eigenvalue weighted by Crippen LogP contribution is 2.53. The fraction of sp³-hybridized carbons (Fsp3) is 0.289. The maximum atomic E-state index is 3.86. The molecule has 9 aromatic carbocycles. The molecule has 0 unspecified atom stereocenters. The van der Waals surface area contributed by atoms with Crippen molar-refractivity contribution in [3.05, 3.63) is 237 Å². The summed E-state index contributed by atoms with van der Waals surface area (Å²) >= 11 is 7.71. The first-order chi connectivity index (χ1) is 38.0. The molecule has 0 amide bonds. The highest BCUT2D eigenvalue weighted by Gasteiger charge is 2.30. The van der Waals surface area contributed by atoms with Gasteiger partial charge in [0.1, 0.15) is 0 Å². The Hall–Kier alpha value is -6.46. The van der Waals surface area contributed by atoms with Gasteiger partial charge in [-0.3, -0.25) is 0 Å². The lowest BCUT2D eigenvalue weighted by molar-refractivity contribution is 0.444. The molecule has 9 aromatic rings. The summed E-state index contributed by atoms with van der Waals surface area (Å²) in [5.41, 5.74) is 22.8. The van der Waals surface area contributed by atoms with Crippen molar-refractivity contribution in [2.45, 2.75) is 143 Å². The lowest BCUT2D eigenvalue weighted by Gasteiger charge is -2.35. The van der Waals surface area contributed by atoms with Crippen LogP contribution in [-0.2, 0) is 21.7 Å². The minimum Gasteiger partial charge on any atom is -0.309 e. The molecular formula is C76H80Br2N2. The summed E-state index contributed by atoms with van der Waals surface area (Å²) in [6.45, 7) is 27.6. The molecule has 0 spiro atoms. The van der Waals surface area contributed by atoms with Crippen molar-refractivity contribution in [2.24, 2.45) is 0 Å². The van der Waals surface area contributed by atoms with Gasteiger partial charge in [-0.1, -0.05) is 268 Å². The fourth-order valence-corrected chi connectivity index (χ4v) is 12.2. The quantitative estimate of drug-likeness (QED) is 0.127. The summed E-state index contributed by atoms with van der Waals surface area (Å²) in [6, 6.07) is 76.6. The van der Waals surface area contributed by atoms with Crippen molar-refractivity contribution >= 4 is 66.0 Å². The van der Waals surface area contributed by atoms with E-state index >= 15 is 0 Å². The van der Waals surface area contributed by atoms with Crippen LogP contribution in [0.3, 0.4) is 0 Å². The predicted octanol–water partition coefficient (Wildman–Crippen LogP) is 24.1. The first kappa shape index (κ1) is 56.8. The Morgan fingerprint density at radius 1 is 0.312 bits per heavy atom. The molecule has 1 saturated carbocycles. The van der Waals surface area contributed by atoms with Crippen LogP contribution in [-0.4, -0.2) is 0 Å². The van der Waals surface area contributed by atoms with Crippen LogP contribution in [0.15, 0.2) is 209 Å². The van der Waals surface area contributed by atoms with E-state index < -0.39 is 0 Å². The van der Waals surface area contributed by atoms with Gasteiger partial charge in [-0.05, 0) is 157 Å². The van der Waals surface area contributed by atoms with Crippen LogP contribution < -0.4 is 9.80 Å². The Morgan fingerprint density at radius 2 is 0.588 bits per heavy atom. The van der Waals surface area contributed by atoms with Crippen LogP contribution in [0.4, 0.5) is 34.1 Å². The Labute approximate surface area is 496 Å². The van der Waals surface area contributed by atoms with E-state index in [-0.39, 0.29) is 21.7 Å². The zero-order chi connectivity index (χ0) is 56.7. The summed E-state index contributed by atoms with van der Waals surface area (Å²) in [4.78, 5) is 5.15. The van der Waals surface area contributed by atoms with Gasteiger partial charge in [0.15, 0.2) is 0 Å². The van der Waals surface area contributed by atoms with E-state index in [2.05, 4.69) is 325 Å². The van der Waals surface area contributed by atoms with E-state index in [9.17, 15) is 0 Å². The van der Waals surface area contributed by atoms with E-state index in [1.165, 1.54) is 91.6 Å². The summed E-state index contributed by atoms with van der Waals surface area (Å²) in [7, 11) is 0. The van der Waals surface area contributed by atoms with Gasteiger partial charge in [0.05, 0.1) is 11.4 Å². The zero-order valence-electron chi connectivity index (χ0n) is 49.3. The third-order valence-corrected chi connectivity index (χ3v) is 17.5. The zero-order valence-corrected chi connectivity index (χ0v) is 52.5. The number of hydrogen-bond donors (Lipinski definition) is 0. The van der Waals surface area contributed by atoms with E-state index in [1.54, 1.807) is 0 Å². The summed E-state index contributed by atoms with van der Waals surface area (Å²) in [5, 5.41) is 0. The van der Waals surface area contributed by atoms with Gasteiger partial charge in [-0.25, -0.2) is 0 Å². The van der Waals surface area contributed by atoms with Crippen LogP contribution >= 0.6 is 31.9 Å². The number of para-hydroxylation sites is 2. The normalized spacial score (nSPS) is 13.6. The standard InChI is InChI=1S/C76H80Br2N2/c1-73(2,3)57-32-24-52(25-33-57)67-20-16-21-68(53-26-34-58(35-27-53)74(4,5)6)71(67)79(63-44-40-61(77)41-45-63)65-48-56(51-18-14-13-15-19-51)49-66(50-65)80(64-46-42-62(78)43-47-64)72-69(54-28-36-59(37-29-54)75(7,8)9)22-17-23-70(72)55-30-38-60(39-31-55)76(10,11)12/h16-17,20-51H,13-15,18-19H2,1-12H3. The topological polar surface area (TPSA) is 6.48 Å². The molecule has 0 atom stereocenters. The van der Waals surface area contributed by atoms with Crippen molar-refractivity contribution in [3.8, 4) is 44.5 Å². The minimum absolute atomic E-state index is 0.0162. The van der Waals surface area contributed by atoms with Crippen molar-refractivity contribution in [2.75, 3.05) is 9.80 Å². The Kier molecular flexibility index (Phi) is 16.2. The molecule has 0 N–H and O–H groups in total. The molecule has 0 aromatic heterocycles. The lowest BCUT2D eigenvalue weighted by Crippen LogP contribution is -2.17. The Morgan fingerprint density at radius 3 is 0.850 bits per heavy atom. The van der Waals surface area contributed by atoms with E-state index in [1.807, 2.05) is 0 Å². The molecule has 1 fully saturated rings. The van der Waals surface area contributed by atoms with Crippen LogP contribution in [0.1, 0.15) is 149 Å². The molecule has 1 aliphatic rings. The summed E-state index contributed by atoms with van der Waals surface area (Å²) in [5.74, 6) is 0.398. The number of halogens is 2. The third kappa shape index (κ3) is 12.4. The third-order valence-electron chi connectivity index (χ3n) is 16.5. The highest BCUT2D eigenvalue weighted by atomic mass is 79.9. The summed E-state index contributed by atoms with van der Waals surface area (Å²) in [6.07, 6.45) is 6.03. The van der Waals surface area contributed by atoms with Crippen molar-refractivity contribution in [3.63, 3.8) is 0 Å². The molecule has 408 valence electrons. The van der Waals surface area contributed by atoms with Gasteiger partial charge in [-0.2, -0.15) is 0 Å². The average molecular weight is 1180 g/mol. The smallest absolute Gasteiger partial charge is 0.0618 e. The van der Waals surface area contributed by atoms with Crippen LogP contribution in [0.25, 0.3) is 44.5 Å². The van der Waals surface area contributed by atoms with E-state index in [0.717, 1.165) is 55.9 Å². The van der Waals surface area contributed by atoms with Gasteiger partial charge in [-0.15, -0.1) is 0 Å². The second kappa shape index (κ2) is 22.8. The molecule has 0 bridgehead atoms. The average Bonchev–Trinajstić information content (AvgIpc) is 3.63. The lowest BCUT2D eigenvalue weighted by atomic mass is 9.83. The summed E-state index contributed by atoms with van der Waals surface area (Å²) < 4.78 is 2.08. The molecule has 0 radical (unpaired) electrons. The van der Waals surface area contributed by atoms with Crippen LogP contribution in [0.5, 0.6) is 0 Å². The number of nitrogens with zero attached hydrogens (tertiary/aromatic N) is 2. The van der Waals surface area contributed by atoms with Gasteiger partial charge < -0.3 is 9.80 Å². The SMILES string of the molecule is CC(C)(C)c1ccc(-c2cccc(-c3ccc(C(C)(C)C)cc3)c2N(c2ccc(Br)cc2)c2cc(C3CCCCC3)cc(N(c3ccc(Br)cc3)c3c(-c4ccc(C(C)(C)C)cc4)cccc3-c3ccc(C(C)(C)C)cc3)c2)cc1. The highest BCUT2D eigenvalue weighted by molar-refractivity contribution is 9.10. The van der Waals surface area contributed by atoms with Crippen molar-refractivity contribution in [1.82, 2.24) is 0 Å². The largest absolute Gasteiger partial charge is 0.309 e. The molecule has 0 aliphatic heterocycles. The molecule has 0 heterocycles. The Balaban J connectivity index is 1.31. The van der Waals surface area contributed by atoms with Gasteiger partial charge in [0.25, 0.3) is 0 Å². The maximum absolute atomic E-state index is 3.86. The molecule has 1 aliphatic carbocycles. The fourth-order valence-electron chi connectivity index (χ4n) is 11.6. The van der Waals surface area contributed by atoms with Gasteiger partial charge in [0.2, 0.25) is 0 Å². The second-order valence-corrected chi connectivity index (χ2v) is 28.3. The maximum Gasteiger partial charge on any atom is 0.0618 e. The molecule has 2 nitrogen and oxygen atoms in total.